The molecule has 4 heteroatoms. The zero-order chi connectivity index (χ0) is 15.2. The number of nitrogens with two attached hydrogens (primary N) is 1. The van der Waals surface area contributed by atoms with Crippen LogP contribution in [0.5, 0.6) is 0 Å². The molecule has 2 rings (SSSR count). The smallest absolute Gasteiger partial charge is 0.0980 e. The van der Waals surface area contributed by atoms with Crippen LogP contribution < -0.4 is 5.73 Å². The third kappa shape index (κ3) is 4.72. The minimum atomic E-state index is -0.187. The lowest BCUT2D eigenvalue weighted by atomic mass is 10.0. The molecule has 2 atom stereocenters. The van der Waals surface area contributed by atoms with Crippen molar-refractivity contribution < 1.29 is 4.74 Å². The van der Waals surface area contributed by atoms with Crippen LogP contribution in [0.25, 0.3) is 0 Å². The molecule has 0 spiro atoms. The van der Waals surface area contributed by atoms with Crippen LogP contribution in [-0.2, 0) is 11.3 Å². The molecule has 2 nitrogen and oxygen atoms in total. The fourth-order valence-corrected chi connectivity index (χ4v) is 2.59. The van der Waals surface area contributed by atoms with Crippen molar-refractivity contribution in [3.63, 3.8) is 0 Å². The van der Waals surface area contributed by atoms with Crippen LogP contribution in [0, 0.1) is 0 Å². The van der Waals surface area contributed by atoms with E-state index < -0.39 is 0 Å². The van der Waals surface area contributed by atoms with Crippen molar-refractivity contribution in [2.24, 2.45) is 5.73 Å². The summed E-state index contributed by atoms with van der Waals surface area (Å²) in [5.41, 5.74) is 8.22. The molecule has 0 saturated heterocycles. The fourth-order valence-electron chi connectivity index (χ4n) is 2.18. The summed E-state index contributed by atoms with van der Waals surface area (Å²) in [6.07, 6.45) is 0.639. The summed E-state index contributed by atoms with van der Waals surface area (Å²) >= 11 is 12.1. The molecule has 2 aromatic rings. The molecule has 0 aliphatic carbocycles. The number of hydrogen-bond donors (Lipinski definition) is 1. The Morgan fingerprint density at radius 2 is 1.71 bits per heavy atom. The van der Waals surface area contributed by atoms with E-state index in [2.05, 4.69) is 0 Å². The van der Waals surface area contributed by atoms with Gasteiger partial charge in [0.1, 0.15) is 0 Å². The van der Waals surface area contributed by atoms with Crippen molar-refractivity contribution >= 4 is 23.2 Å². The second kappa shape index (κ2) is 7.81. The van der Waals surface area contributed by atoms with Crippen LogP contribution in [0.4, 0.5) is 0 Å². The van der Waals surface area contributed by atoms with Crippen molar-refractivity contribution in [1.29, 1.82) is 0 Å². The van der Waals surface area contributed by atoms with Gasteiger partial charge in [0.05, 0.1) is 12.7 Å². The fraction of sp³-hybridized carbons (Fsp3) is 0.294. The van der Waals surface area contributed by atoms with Crippen LogP contribution in [0.15, 0.2) is 48.5 Å². The topological polar surface area (TPSA) is 35.2 Å². The number of hydrogen-bond acceptors (Lipinski definition) is 2. The van der Waals surface area contributed by atoms with Gasteiger partial charge in [0.15, 0.2) is 0 Å². The molecule has 0 aliphatic rings. The quantitative estimate of drug-likeness (QED) is 0.812. The number of halogens is 2. The van der Waals surface area contributed by atoms with E-state index in [0.717, 1.165) is 17.5 Å². The van der Waals surface area contributed by atoms with Crippen LogP contribution in [-0.4, -0.2) is 6.04 Å². The second-order valence-electron chi connectivity index (χ2n) is 4.99. The molecule has 0 bridgehead atoms. The summed E-state index contributed by atoms with van der Waals surface area (Å²) < 4.78 is 6.03. The lowest BCUT2D eigenvalue weighted by Gasteiger charge is -2.24. The Kier molecular flexibility index (Phi) is 6.07. The average molecular weight is 324 g/mol. The van der Waals surface area contributed by atoms with E-state index in [4.69, 9.17) is 33.7 Å². The van der Waals surface area contributed by atoms with Gasteiger partial charge in [-0.15, -0.1) is 0 Å². The molecule has 0 radical (unpaired) electrons. The summed E-state index contributed by atoms with van der Waals surface area (Å²) in [4.78, 5) is 0. The van der Waals surface area contributed by atoms with Gasteiger partial charge in [-0.3, -0.25) is 0 Å². The Labute approximate surface area is 135 Å². The highest BCUT2D eigenvalue weighted by Crippen LogP contribution is 2.26. The Hall–Kier alpha value is -1.06. The van der Waals surface area contributed by atoms with Crippen molar-refractivity contribution in [2.75, 3.05) is 0 Å². The maximum Gasteiger partial charge on any atom is 0.0980 e. The molecule has 21 heavy (non-hydrogen) atoms. The van der Waals surface area contributed by atoms with Gasteiger partial charge in [0.25, 0.3) is 0 Å². The van der Waals surface area contributed by atoms with E-state index in [1.165, 1.54) is 0 Å². The Morgan fingerprint density at radius 3 is 2.33 bits per heavy atom. The predicted molar refractivity (Wildman–Crippen MR) is 88.7 cm³/mol. The molecule has 0 saturated carbocycles. The van der Waals surface area contributed by atoms with Crippen LogP contribution >= 0.6 is 23.2 Å². The van der Waals surface area contributed by atoms with Gasteiger partial charge in [-0.2, -0.15) is 0 Å². The SMILES string of the molecule is CCC(N)C(OCc1cccc(Cl)c1)c1cccc(Cl)c1. The first kappa shape index (κ1) is 16.3. The molecular formula is C17H19Cl2NO. The Balaban J connectivity index is 2.14. The van der Waals surface area contributed by atoms with Crippen molar-refractivity contribution in [3.05, 3.63) is 69.7 Å². The van der Waals surface area contributed by atoms with Gasteiger partial charge in [0.2, 0.25) is 0 Å². The Morgan fingerprint density at radius 1 is 1.05 bits per heavy atom. The summed E-state index contributed by atoms with van der Waals surface area (Å²) in [5.74, 6) is 0. The largest absolute Gasteiger partial charge is 0.367 e. The maximum atomic E-state index is 6.20. The molecule has 2 aromatic carbocycles. The van der Waals surface area contributed by atoms with Gasteiger partial charge in [-0.1, -0.05) is 54.4 Å². The van der Waals surface area contributed by atoms with Crippen molar-refractivity contribution in [3.8, 4) is 0 Å². The lowest BCUT2D eigenvalue weighted by molar-refractivity contribution is 0.0213. The summed E-state index contributed by atoms with van der Waals surface area (Å²) in [6.45, 7) is 2.51. The molecule has 0 heterocycles. The van der Waals surface area contributed by atoms with E-state index in [9.17, 15) is 0 Å². The highest BCUT2D eigenvalue weighted by Gasteiger charge is 2.19. The third-order valence-corrected chi connectivity index (χ3v) is 3.83. The van der Waals surface area contributed by atoms with E-state index in [1.807, 2.05) is 55.5 Å². The molecule has 0 aliphatic heterocycles. The lowest BCUT2D eigenvalue weighted by Crippen LogP contribution is -2.29. The number of benzene rings is 2. The van der Waals surface area contributed by atoms with Crippen LogP contribution in [0.1, 0.15) is 30.6 Å². The third-order valence-electron chi connectivity index (χ3n) is 3.36. The highest BCUT2D eigenvalue weighted by molar-refractivity contribution is 6.30. The first-order chi connectivity index (χ1) is 10.1. The van der Waals surface area contributed by atoms with E-state index in [1.54, 1.807) is 0 Å². The van der Waals surface area contributed by atoms with Gasteiger partial charge < -0.3 is 10.5 Å². The molecule has 2 unspecified atom stereocenters. The predicted octanol–water partition coefficient (Wildman–Crippen LogP) is 4.99. The second-order valence-corrected chi connectivity index (χ2v) is 5.86. The van der Waals surface area contributed by atoms with E-state index >= 15 is 0 Å². The molecular weight excluding hydrogens is 305 g/mol. The van der Waals surface area contributed by atoms with Crippen molar-refractivity contribution in [1.82, 2.24) is 0 Å². The molecule has 0 aromatic heterocycles. The molecule has 112 valence electrons. The van der Waals surface area contributed by atoms with Crippen LogP contribution in [0.3, 0.4) is 0 Å². The number of rotatable bonds is 6. The summed E-state index contributed by atoms with van der Waals surface area (Å²) in [6, 6.07) is 15.2. The van der Waals surface area contributed by atoms with Crippen molar-refractivity contribution in [2.45, 2.75) is 32.1 Å². The standard InChI is InChI=1S/C17H19Cl2NO/c1-2-16(20)17(13-6-4-8-15(19)10-13)21-11-12-5-3-7-14(18)9-12/h3-10,16-17H,2,11,20H2,1H3. The van der Waals surface area contributed by atoms with Gasteiger partial charge in [-0.05, 0) is 41.8 Å². The van der Waals surface area contributed by atoms with Gasteiger partial charge >= 0.3 is 0 Å². The van der Waals surface area contributed by atoms with Gasteiger partial charge in [0, 0.05) is 16.1 Å². The summed E-state index contributed by atoms with van der Waals surface area (Å²) in [5, 5.41) is 1.39. The molecule has 0 amide bonds. The number of ether oxygens (including phenoxy) is 1. The zero-order valence-corrected chi connectivity index (χ0v) is 13.4. The summed E-state index contributed by atoms with van der Waals surface area (Å²) in [7, 11) is 0. The Bertz CT molecular complexity index is 589. The zero-order valence-electron chi connectivity index (χ0n) is 11.9. The minimum absolute atomic E-state index is 0.0809. The maximum absolute atomic E-state index is 6.20. The minimum Gasteiger partial charge on any atom is -0.367 e. The van der Waals surface area contributed by atoms with Crippen LogP contribution in [0.2, 0.25) is 10.0 Å². The van der Waals surface area contributed by atoms with E-state index in [0.29, 0.717) is 16.7 Å². The first-order valence-corrected chi connectivity index (χ1v) is 7.73. The first-order valence-electron chi connectivity index (χ1n) is 6.97. The monoisotopic (exact) mass is 323 g/mol. The highest BCUT2D eigenvalue weighted by atomic mass is 35.5. The average Bonchev–Trinajstić information content (AvgIpc) is 2.47. The van der Waals surface area contributed by atoms with Gasteiger partial charge in [-0.25, -0.2) is 0 Å². The van der Waals surface area contributed by atoms with E-state index in [-0.39, 0.29) is 12.1 Å². The molecule has 2 N–H and O–H groups in total. The molecule has 0 fully saturated rings. The normalized spacial score (nSPS) is 13.9.